The van der Waals surface area contributed by atoms with Crippen LogP contribution in [0.25, 0.3) is 11.3 Å². The molecule has 0 bridgehead atoms. The number of allylic oxidation sites excluding steroid dienone is 4. The van der Waals surface area contributed by atoms with Gasteiger partial charge in [0.1, 0.15) is 5.69 Å². The Morgan fingerprint density at radius 1 is 0.806 bits per heavy atom. The molecule has 1 aliphatic rings. The van der Waals surface area contributed by atoms with Crippen molar-refractivity contribution in [1.82, 2.24) is 15.0 Å². The predicted molar refractivity (Wildman–Crippen MR) is 130 cm³/mol. The van der Waals surface area contributed by atoms with Crippen molar-refractivity contribution in [1.29, 1.82) is 0 Å². The number of benzene rings is 3. The Balaban J connectivity index is 1.48. The van der Waals surface area contributed by atoms with Crippen molar-refractivity contribution in [2.75, 3.05) is 0 Å². The topological polar surface area (TPSA) is 30.7 Å². The van der Waals surface area contributed by atoms with Gasteiger partial charge in [0, 0.05) is 11.5 Å². The van der Waals surface area contributed by atoms with E-state index in [1.54, 1.807) is 0 Å². The second-order valence-corrected chi connectivity index (χ2v) is 9.92. The molecule has 3 aromatic carbocycles. The first-order valence-electron chi connectivity index (χ1n) is 10.6. The van der Waals surface area contributed by atoms with Crippen LogP contribution in [0.3, 0.4) is 0 Å². The van der Waals surface area contributed by atoms with Crippen molar-refractivity contribution in [2.45, 2.75) is 13.0 Å². The first-order chi connectivity index (χ1) is 15.3. The maximum absolute atomic E-state index is 4.49. The molecule has 4 heteroatoms. The highest BCUT2D eigenvalue weighted by Gasteiger charge is 2.31. The normalized spacial score (nSPS) is 16.5. The third kappa shape index (κ3) is 4.02. The van der Waals surface area contributed by atoms with E-state index in [0.29, 0.717) is 0 Å². The summed E-state index contributed by atoms with van der Waals surface area (Å²) in [6, 6.07) is 32.1. The first kappa shape index (κ1) is 19.7. The fraction of sp³-hybridized carbons (Fsp3) is 0.111. The summed E-state index contributed by atoms with van der Waals surface area (Å²) in [6.07, 6.45) is 8.89. The van der Waals surface area contributed by atoms with Crippen molar-refractivity contribution in [2.24, 2.45) is 5.92 Å². The number of hydrogen-bond acceptors (Lipinski definition) is 2. The van der Waals surface area contributed by atoms with E-state index >= 15 is 0 Å². The SMILES string of the molecule is C[C@@H](C1C=CC=C1P(c1ccccc1)c1ccccc1)n1cc(-c2ccccc2)nn1. The van der Waals surface area contributed by atoms with Gasteiger partial charge < -0.3 is 0 Å². The highest BCUT2D eigenvalue weighted by atomic mass is 31.1. The summed E-state index contributed by atoms with van der Waals surface area (Å²) in [6.45, 7) is 2.24. The quantitative estimate of drug-likeness (QED) is 0.374. The lowest BCUT2D eigenvalue weighted by Gasteiger charge is -2.28. The maximum atomic E-state index is 4.49. The van der Waals surface area contributed by atoms with Crippen molar-refractivity contribution >= 4 is 18.5 Å². The van der Waals surface area contributed by atoms with Gasteiger partial charge in [-0.25, -0.2) is 4.68 Å². The molecule has 152 valence electrons. The van der Waals surface area contributed by atoms with Gasteiger partial charge in [-0.3, -0.25) is 0 Å². The van der Waals surface area contributed by atoms with Gasteiger partial charge in [0.05, 0.1) is 12.2 Å². The van der Waals surface area contributed by atoms with Gasteiger partial charge in [0.25, 0.3) is 0 Å². The van der Waals surface area contributed by atoms with Gasteiger partial charge in [-0.05, 0) is 30.8 Å². The lowest BCUT2D eigenvalue weighted by atomic mass is 10.0. The van der Waals surface area contributed by atoms with Crippen LogP contribution in [0.15, 0.2) is 121 Å². The van der Waals surface area contributed by atoms with E-state index in [4.69, 9.17) is 0 Å². The molecule has 31 heavy (non-hydrogen) atoms. The third-order valence-electron chi connectivity index (χ3n) is 5.73. The molecule has 0 radical (unpaired) electrons. The van der Waals surface area contributed by atoms with E-state index in [-0.39, 0.29) is 12.0 Å². The largest absolute Gasteiger partial charge is 0.248 e. The Morgan fingerprint density at radius 3 is 2.00 bits per heavy atom. The van der Waals surface area contributed by atoms with Crippen molar-refractivity contribution in [3.05, 3.63) is 121 Å². The van der Waals surface area contributed by atoms with Gasteiger partial charge in [-0.2, -0.15) is 0 Å². The molecule has 0 saturated carbocycles. The molecule has 0 spiro atoms. The zero-order chi connectivity index (χ0) is 21.0. The fourth-order valence-corrected chi connectivity index (χ4v) is 6.77. The summed E-state index contributed by atoms with van der Waals surface area (Å²) in [5.74, 6) is 0.275. The average Bonchev–Trinajstić information content (AvgIpc) is 3.52. The monoisotopic (exact) mass is 421 g/mol. The molecule has 4 aromatic rings. The molecule has 0 N–H and O–H groups in total. The van der Waals surface area contributed by atoms with Crippen LogP contribution in [0.1, 0.15) is 13.0 Å². The Bertz CT molecular complexity index is 1160. The molecule has 5 rings (SSSR count). The van der Waals surface area contributed by atoms with Crippen LogP contribution in [0.5, 0.6) is 0 Å². The molecule has 1 aliphatic carbocycles. The van der Waals surface area contributed by atoms with E-state index in [1.165, 1.54) is 15.9 Å². The first-order valence-corrected chi connectivity index (χ1v) is 11.9. The van der Waals surface area contributed by atoms with Crippen LogP contribution in [0.2, 0.25) is 0 Å². The smallest absolute Gasteiger partial charge is 0.113 e. The van der Waals surface area contributed by atoms with E-state index in [0.717, 1.165) is 11.3 Å². The van der Waals surface area contributed by atoms with Crippen molar-refractivity contribution in [3.8, 4) is 11.3 Å². The molecule has 0 aliphatic heterocycles. The van der Waals surface area contributed by atoms with Gasteiger partial charge in [-0.15, -0.1) is 5.10 Å². The van der Waals surface area contributed by atoms with E-state index in [2.05, 4.69) is 114 Å². The molecule has 2 atom stereocenters. The highest BCUT2D eigenvalue weighted by molar-refractivity contribution is 7.76. The maximum Gasteiger partial charge on any atom is 0.113 e. The summed E-state index contributed by atoms with van der Waals surface area (Å²) in [5, 5.41) is 13.1. The van der Waals surface area contributed by atoms with Crippen LogP contribution < -0.4 is 10.6 Å². The standard InChI is InChI=1S/C27H24N3P/c1-21(30-20-26(28-29-30)22-12-5-2-6-13-22)25-18-11-19-27(25)31(23-14-7-3-8-15-23)24-16-9-4-10-17-24/h2-21,25H,1H3/t21-,25?/m0/s1. The second kappa shape index (κ2) is 8.83. The van der Waals surface area contributed by atoms with Gasteiger partial charge >= 0.3 is 0 Å². The van der Waals surface area contributed by atoms with E-state index < -0.39 is 7.92 Å². The fourth-order valence-electron chi connectivity index (χ4n) is 4.10. The van der Waals surface area contributed by atoms with Crippen LogP contribution in [0, 0.1) is 5.92 Å². The lowest BCUT2D eigenvalue weighted by molar-refractivity contribution is 0.421. The zero-order valence-electron chi connectivity index (χ0n) is 17.4. The van der Waals surface area contributed by atoms with Crippen LogP contribution in [0.4, 0.5) is 0 Å². The van der Waals surface area contributed by atoms with Crippen molar-refractivity contribution < 1.29 is 0 Å². The number of rotatable bonds is 6. The Kier molecular flexibility index (Phi) is 5.60. The van der Waals surface area contributed by atoms with E-state index in [9.17, 15) is 0 Å². The minimum absolute atomic E-state index is 0.174. The summed E-state index contributed by atoms with van der Waals surface area (Å²) in [7, 11) is -0.614. The second-order valence-electron chi connectivity index (χ2n) is 7.70. The highest BCUT2D eigenvalue weighted by Crippen LogP contribution is 2.51. The summed E-state index contributed by atoms with van der Waals surface area (Å²) in [4.78, 5) is 0. The molecular weight excluding hydrogens is 397 g/mol. The van der Waals surface area contributed by atoms with Crippen LogP contribution in [-0.4, -0.2) is 15.0 Å². The molecule has 1 heterocycles. The Labute approximate surface area is 184 Å². The van der Waals surface area contributed by atoms with Crippen molar-refractivity contribution in [3.63, 3.8) is 0 Å². The Morgan fingerprint density at radius 2 is 1.39 bits per heavy atom. The Hall–Kier alpha value is -3.29. The zero-order valence-corrected chi connectivity index (χ0v) is 18.3. The van der Waals surface area contributed by atoms with Crippen LogP contribution >= 0.6 is 7.92 Å². The predicted octanol–water partition coefficient (Wildman–Crippen LogP) is 5.71. The number of nitrogens with zero attached hydrogens (tertiary/aromatic N) is 3. The lowest BCUT2D eigenvalue weighted by Crippen LogP contribution is -2.21. The molecular formula is C27H24N3P. The van der Waals surface area contributed by atoms with Gasteiger partial charge in [-0.1, -0.05) is 114 Å². The molecule has 1 aromatic heterocycles. The number of aromatic nitrogens is 3. The molecule has 0 saturated heterocycles. The minimum atomic E-state index is -0.614. The summed E-state index contributed by atoms with van der Waals surface area (Å²) < 4.78 is 2.01. The molecule has 0 fully saturated rings. The van der Waals surface area contributed by atoms with Gasteiger partial charge in [0.2, 0.25) is 0 Å². The average molecular weight is 421 g/mol. The third-order valence-corrected chi connectivity index (χ3v) is 8.32. The molecule has 0 amide bonds. The molecule has 3 nitrogen and oxygen atoms in total. The van der Waals surface area contributed by atoms with E-state index in [1.807, 2.05) is 22.9 Å². The van der Waals surface area contributed by atoms with Crippen LogP contribution in [-0.2, 0) is 0 Å². The molecule has 1 unspecified atom stereocenters. The summed E-state index contributed by atoms with van der Waals surface area (Å²) >= 11 is 0. The number of hydrogen-bond donors (Lipinski definition) is 0. The minimum Gasteiger partial charge on any atom is -0.248 e. The van der Waals surface area contributed by atoms with Gasteiger partial charge in [0.15, 0.2) is 0 Å². The summed E-state index contributed by atoms with van der Waals surface area (Å²) in [5.41, 5.74) is 2.00.